The number of benzene rings is 1. The zero-order chi connectivity index (χ0) is 14.4. The fraction of sp³-hybridized carbons (Fsp3) is 0.438. The minimum atomic E-state index is -0.0910. The van der Waals surface area contributed by atoms with Gasteiger partial charge in [-0.05, 0) is 38.0 Å². The Morgan fingerprint density at radius 2 is 2.10 bits per heavy atom. The van der Waals surface area contributed by atoms with Gasteiger partial charge in [-0.25, -0.2) is 0 Å². The molecule has 0 bridgehead atoms. The topological polar surface area (TPSA) is 57.2 Å². The first kappa shape index (κ1) is 14.4. The first-order valence-electron chi connectivity index (χ1n) is 7.21. The summed E-state index contributed by atoms with van der Waals surface area (Å²) in [6.07, 6.45) is 5.57. The van der Waals surface area contributed by atoms with Crippen LogP contribution in [0.15, 0.2) is 30.5 Å². The fourth-order valence-electron chi connectivity index (χ4n) is 2.40. The second-order valence-electron chi connectivity index (χ2n) is 4.90. The maximum atomic E-state index is 11.2. The number of aromatic nitrogens is 1. The molecule has 0 unspecified atom stereocenters. The second-order valence-corrected chi connectivity index (χ2v) is 4.90. The molecule has 2 N–H and O–H groups in total. The lowest BCUT2D eigenvalue weighted by molar-refractivity contribution is -0.143. The Bertz CT molecular complexity index is 575. The number of rotatable bonds is 7. The van der Waals surface area contributed by atoms with Gasteiger partial charge >= 0.3 is 5.97 Å². The molecule has 1 heterocycles. The summed E-state index contributed by atoms with van der Waals surface area (Å²) in [4.78, 5) is 11.2. The summed E-state index contributed by atoms with van der Waals surface area (Å²) in [7, 11) is 0. The molecule has 0 amide bonds. The van der Waals surface area contributed by atoms with E-state index in [0.29, 0.717) is 13.0 Å². The van der Waals surface area contributed by atoms with Crippen molar-refractivity contribution >= 4 is 22.6 Å². The lowest BCUT2D eigenvalue weighted by atomic mass is 10.2. The third-order valence-corrected chi connectivity index (χ3v) is 3.43. The molecule has 108 valence electrons. The molecule has 4 nitrogen and oxygen atoms in total. The summed E-state index contributed by atoms with van der Waals surface area (Å²) in [5.41, 5.74) is 7.94. The summed E-state index contributed by atoms with van der Waals surface area (Å²) in [5, 5.41) is 1.11. The van der Waals surface area contributed by atoms with Gasteiger partial charge in [0.2, 0.25) is 0 Å². The van der Waals surface area contributed by atoms with Gasteiger partial charge in [-0.3, -0.25) is 4.79 Å². The number of carbonyl (C=O) groups excluding carboxylic acids is 1. The van der Waals surface area contributed by atoms with E-state index < -0.39 is 0 Å². The van der Waals surface area contributed by atoms with Crippen molar-refractivity contribution in [3.8, 4) is 0 Å². The van der Waals surface area contributed by atoms with Crippen molar-refractivity contribution in [2.24, 2.45) is 0 Å². The van der Waals surface area contributed by atoms with Crippen LogP contribution in [0.4, 0.5) is 5.69 Å². The monoisotopic (exact) mass is 274 g/mol. The molecule has 2 rings (SSSR count). The molecule has 0 atom stereocenters. The molecular weight excluding hydrogens is 252 g/mol. The van der Waals surface area contributed by atoms with Crippen LogP contribution in [0.5, 0.6) is 0 Å². The number of carbonyl (C=O) groups is 1. The predicted octanol–water partition coefficient (Wildman–Crippen LogP) is 3.35. The summed E-state index contributed by atoms with van der Waals surface area (Å²) < 4.78 is 7.13. The zero-order valence-electron chi connectivity index (χ0n) is 12.0. The number of unbranched alkanes of at least 4 members (excludes halogenated alkanes) is 2. The normalized spacial score (nSPS) is 10.8. The van der Waals surface area contributed by atoms with Crippen LogP contribution < -0.4 is 5.73 Å². The third kappa shape index (κ3) is 3.53. The van der Waals surface area contributed by atoms with Crippen LogP contribution in [0.2, 0.25) is 0 Å². The Kier molecular flexibility index (Phi) is 5.04. The molecule has 0 radical (unpaired) electrons. The molecule has 20 heavy (non-hydrogen) atoms. The first-order chi connectivity index (χ1) is 9.72. The highest BCUT2D eigenvalue weighted by Crippen LogP contribution is 2.22. The average molecular weight is 274 g/mol. The summed E-state index contributed by atoms with van der Waals surface area (Å²) in [6, 6.07) is 8.05. The quantitative estimate of drug-likeness (QED) is 0.478. The lowest BCUT2D eigenvalue weighted by Gasteiger charge is -2.06. The number of esters is 1. The minimum Gasteiger partial charge on any atom is -0.466 e. The van der Waals surface area contributed by atoms with Gasteiger partial charge in [0.15, 0.2) is 0 Å². The van der Waals surface area contributed by atoms with Crippen LogP contribution in [0.3, 0.4) is 0 Å². The van der Waals surface area contributed by atoms with Gasteiger partial charge < -0.3 is 15.0 Å². The molecule has 2 aromatic rings. The van der Waals surface area contributed by atoms with Crippen molar-refractivity contribution in [1.29, 1.82) is 0 Å². The number of fused-ring (bicyclic) bond motifs is 1. The Balaban J connectivity index is 1.79. The van der Waals surface area contributed by atoms with E-state index in [1.54, 1.807) is 0 Å². The molecule has 0 spiro atoms. The van der Waals surface area contributed by atoms with E-state index in [4.69, 9.17) is 10.5 Å². The van der Waals surface area contributed by atoms with E-state index in [1.807, 2.05) is 19.1 Å². The Hall–Kier alpha value is -1.97. The van der Waals surface area contributed by atoms with Gasteiger partial charge in [-0.15, -0.1) is 0 Å². The molecule has 1 aromatic carbocycles. The first-order valence-corrected chi connectivity index (χ1v) is 7.21. The number of nitrogens with two attached hydrogens (primary N) is 1. The van der Waals surface area contributed by atoms with E-state index in [9.17, 15) is 4.79 Å². The predicted molar refractivity (Wildman–Crippen MR) is 81.5 cm³/mol. The maximum absolute atomic E-state index is 11.2. The van der Waals surface area contributed by atoms with E-state index >= 15 is 0 Å². The molecule has 0 fully saturated rings. The van der Waals surface area contributed by atoms with Crippen LogP contribution in [-0.2, 0) is 16.1 Å². The zero-order valence-corrected chi connectivity index (χ0v) is 12.0. The van der Waals surface area contributed by atoms with Gasteiger partial charge in [0.25, 0.3) is 0 Å². The van der Waals surface area contributed by atoms with Crippen molar-refractivity contribution in [2.45, 2.75) is 39.2 Å². The van der Waals surface area contributed by atoms with Crippen LogP contribution in [0, 0.1) is 0 Å². The smallest absolute Gasteiger partial charge is 0.305 e. The van der Waals surface area contributed by atoms with Crippen molar-refractivity contribution in [1.82, 2.24) is 4.57 Å². The number of ether oxygens (including phenoxy) is 1. The molecule has 0 aliphatic carbocycles. The van der Waals surface area contributed by atoms with E-state index in [-0.39, 0.29) is 5.97 Å². The van der Waals surface area contributed by atoms with Crippen molar-refractivity contribution < 1.29 is 9.53 Å². The van der Waals surface area contributed by atoms with Gasteiger partial charge in [-0.2, -0.15) is 0 Å². The lowest BCUT2D eigenvalue weighted by Crippen LogP contribution is -2.03. The summed E-state index contributed by atoms with van der Waals surface area (Å²) >= 11 is 0. The van der Waals surface area contributed by atoms with Crippen molar-refractivity contribution in [2.75, 3.05) is 12.3 Å². The van der Waals surface area contributed by atoms with E-state index in [1.165, 1.54) is 5.52 Å². The number of anilines is 1. The number of hydrogen-bond acceptors (Lipinski definition) is 3. The molecule has 0 aliphatic rings. The summed E-state index contributed by atoms with van der Waals surface area (Å²) in [6.45, 7) is 3.26. The van der Waals surface area contributed by atoms with Crippen molar-refractivity contribution in [3.05, 3.63) is 30.5 Å². The van der Waals surface area contributed by atoms with Gasteiger partial charge in [0.1, 0.15) is 0 Å². The molecule has 0 saturated heterocycles. The van der Waals surface area contributed by atoms with Crippen LogP contribution in [0.25, 0.3) is 10.9 Å². The van der Waals surface area contributed by atoms with Gasteiger partial charge in [-0.1, -0.05) is 12.5 Å². The van der Waals surface area contributed by atoms with E-state index in [0.717, 1.165) is 36.9 Å². The Labute approximate surface area is 119 Å². The third-order valence-electron chi connectivity index (χ3n) is 3.43. The molecule has 0 aliphatic heterocycles. The van der Waals surface area contributed by atoms with Gasteiger partial charge in [0, 0.05) is 30.2 Å². The number of aryl methyl sites for hydroxylation is 1. The maximum Gasteiger partial charge on any atom is 0.305 e. The highest BCUT2D eigenvalue weighted by molar-refractivity contribution is 5.91. The minimum absolute atomic E-state index is 0.0910. The van der Waals surface area contributed by atoms with Crippen LogP contribution in [0.1, 0.15) is 32.6 Å². The van der Waals surface area contributed by atoms with Gasteiger partial charge in [0.05, 0.1) is 12.1 Å². The number of nitrogens with zero attached hydrogens (tertiary/aromatic N) is 1. The highest BCUT2D eigenvalue weighted by Gasteiger charge is 2.04. The molecule has 4 heteroatoms. The Morgan fingerprint density at radius 3 is 2.90 bits per heavy atom. The van der Waals surface area contributed by atoms with Crippen molar-refractivity contribution in [3.63, 3.8) is 0 Å². The Morgan fingerprint density at radius 1 is 1.25 bits per heavy atom. The molecule has 1 aromatic heterocycles. The van der Waals surface area contributed by atoms with E-state index in [2.05, 4.69) is 22.9 Å². The summed E-state index contributed by atoms with van der Waals surface area (Å²) in [5.74, 6) is -0.0910. The molecular formula is C16H22N2O2. The number of nitrogen functional groups attached to an aromatic ring is 1. The molecule has 0 saturated carbocycles. The average Bonchev–Trinajstić information content (AvgIpc) is 2.83. The number of hydrogen-bond donors (Lipinski definition) is 1. The highest BCUT2D eigenvalue weighted by atomic mass is 16.5. The largest absolute Gasteiger partial charge is 0.466 e. The fourth-order valence-corrected chi connectivity index (χ4v) is 2.40. The standard InChI is InChI=1S/C16H22N2O2/c1-2-20-16(19)9-4-3-5-11-18-12-10-13-14(17)7-6-8-15(13)18/h6-8,10,12H,2-5,9,11,17H2,1H3. The SMILES string of the molecule is CCOC(=O)CCCCCn1ccc2c(N)cccc21. The van der Waals surface area contributed by atoms with Crippen LogP contribution >= 0.6 is 0 Å². The van der Waals surface area contributed by atoms with Crippen LogP contribution in [-0.4, -0.2) is 17.1 Å². The second kappa shape index (κ2) is 6.98.